The summed E-state index contributed by atoms with van der Waals surface area (Å²) in [5.74, 6) is 3.79. The molecule has 6 heteroatoms. The van der Waals surface area contributed by atoms with Gasteiger partial charge in [-0.3, -0.25) is 4.79 Å². The number of anilines is 1. The summed E-state index contributed by atoms with van der Waals surface area (Å²) in [5.41, 5.74) is 1.92. The molecule has 0 spiro atoms. The third-order valence-electron chi connectivity index (χ3n) is 3.92. The molecule has 3 rings (SSSR count). The number of nitrogens with zero attached hydrogens (tertiary/aromatic N) is 1. The van der Waals surface area contributed by atoms with E-state index < -0.39 is 0 Å². The van der Waals surface area contributed by atoms with Crippen LogP contribution >= 0.6 is 11.6 Å². The van der Waals surface area contributed by atoms with Crippen molar-refractivity contribution in [3.8, 4) is 23.8 Å². The third kappa shape index (κ3) is 4.81. The van der Waals surface area contributed by atoms with Gasteiger partial charge in [0.1, 0.15) is 23.9 Å². The summed E-state index contributed by atoms with van der Waals surface area (Å²) in [6.45, 7) is 0.313. The van der Waals surface area contributed by atoms with Gasteiger partial charge in [-0.1, -0.05) is 29.7 Å². The van der Waals surface area contributed by atoms with Crippen molar-refractivity contribution in [2.24, 2.45) is 0 Å². The molecule has 3 aromatic rings. The second-order valence-corrected chi connectivity index (χ2v) is 6.24. The summed E-state index contributed by atoms with van der Waals surface area (Å²) >= 11 is 5.85. The molecule has 2 aromatic carbocycles. The molecule has 0 aliphatic carbocycles. The van der Waals surface area contributed by atoms with Crippen LogP contribution in [0.3, 0.4) is 0 Å². The van der Waals surface area contributed by atoms with Crippen LogP contribution in [0.25, 0.3) is 0 Å². The van der Waals surface area contributed by atoms with E-state index in [0.29, 0.717) is 34.3 Å². The predicted octanol–water partition coefficient (Wildman–Crippen LogP) is 4.56. The number of pyridine rings is 1. The molecule has 140 valence electrons. The van der Waals surface area contributed by atoms with Crippen molar-refractivity contribution in [1.29, 1.82) is 0 Å². The van der Waals surface area contributed by atoms with Gasteiger partial charge in [0, 0.05) is 22.8 Å². The maximum absolute atomic E-state index is 12.3. The lowest BCUT2D eigenvalue weighted by molar-refractivity contribution is 0.102. The van der Waals surface area contributed by atoms with Gasteiger partial charge in [-0.15, -0.1) is 6.42 Å². The molecule has 1 N–H and O–H groups in total. The number of methoxy groups -OCH3 is 1. The highest BCUT2D eigenvalue weighted by Gasteiger charge is 2.10. The minimum Gasteiger partial charge on any atom is -0.497 e. The number of aromatic nitrogens is 1. The number of rotatable bonds is 6. The molecule has 5 nitrogen and oxygen atoms in total. The summed E-state index contributed by atoms with van der Waals surface area (Å²) < 4.78 is 11.0. The van der Waals surface area contributed by atoms with Crippen LogP contribution in [0.1, 0.15) is 21.5 Å². The molecule has 0 saturated heterocycles. The topological polar surface area (TPSA) is 60.5 Å². The first-order valence-electron chi connectivity index (χ1n) is 8.38. The zero-order valence-electron chi connectivity index (χ0n) is 15.1. The highest BCUT2D eigenvalue weighted by atomic mass is 35.5. The first-order chi connectivity index (χ1) is 13.6. The minimum atomic E-state index is -0.307. The molecule has 0 unspecified atom stereocenters. The van der Waals surface area contributed by atoms with Crippen molar-refractivity contribution in [3.05, 3.63) is 82.5 Å². The Morgan fingerprint density at radius 1 is 1.18 bits per heavy atom. The lowest BCUT2D eigenvalue weighted by Crippen LogP contribution is -2.13. The molecule has 0 aliphatic heterocycles. The lowest BCUT2D eigenvalue weighted by Gasteiger charge is -2.11. The Hall–Kier alpha value is -3.49. The van der Waals surface area contributed by atoms with Crippen molar-refractivity contribution >= 4 is 23.3 Å². The van der Waals surface area contributed by atoms with Gasteiger partial charge in [0.05, 0.1) is 12.7 Å². The van der Waals surface area contributed by atoms with Gasteiger partial charge in [-0.05, 0) is 42.0 Å². The molecule has 1 heterocycles. The predicted molar refractivity (Wildman–Crippen MR) is 109 cm³/mol. The number of hydrogen-bond acceptors (Lipinski definition) is 4. The van der Waals surface area contributed by atoms with Gasteiger partial charge in [0.25, 0.3) is 5.91 Å². The standard InChI is InChI=1S/C22H17ClN2O3/c1-3-16-13-24-21(25-22(26)17-6-8-18(23)9-7-17)12-20(16)28-14-15-4-10-19(27-2)11-5-15/h1,4-13H,14H2,2H3,(H,24,25,26). The smallest absolute Gasteiger partial charge is 0.256 e. The van der Waals surface area contributed by atoms with Crippen LogP contribution in [-0.2, 0) is 6.61 Å². The van der Waals surface area contributed by atoms with Crippen molar-refractivity contribution in [1.82, 2.24) is 4.98 Å². The Labute approximate surface area is 168 Å². The molecule has 0 atom stereocenters. The molecule has 0 fully saturated rings. The fraction of sp³-hybridized carbons (Fsp3) is 0.0909. The van der Waals surface area contributed by atoms with E-state index in [1.54, 1.807) is 37.4 Å². The second kappa shape index (κ2) is 8.94. The maximum atomic E-state index is 12.3. The minimum absolute atomic E-state index is 0.307. The zero-order chi connectivity index (χ0) is 19.9. The lowest BCUT2D eigenvalue weighted by atomic mass is 10.2. The van der Waals surface area contributed by atoms with E-state index in [9.17, 15) is 4.79 Å². The van der Waals surface area contributed by atoms with Crippen LogP contribution in [0.2, 0.25) is 5.02 Å². The van der Waals surface area contributed by atoms with Crippen molar-refractivity contribution in [2.45, 2.75) is 6.61 Å². The summed E-state index contributed by atoms with van der Waals surface area (Å²) in [6, 6.07) is 15.7. The Morgan fingerprint density at radius 3 is 2.54 bits per heavy atom. The Balaban J connectivity index is 1.72. The van der Waals surface area contributed by atoms with Gasteiger partial charge < -0.3 is 14.8 Å². The number of amides is 1. The highest BCUT2D eigenvalue weighted by Crippen LogP contribution is 2.23. The second-order valence-electron chi connectivity index (χ2n) is 5.81. The van der Waals surface area contributed by atoms with Crippen LogP contribution in [0.4, 0.5) is 5.82 Å². The van der Waals surface area contributed by atoms with Gasteiger partial charge in [0.15, 0.2) is 0 Å². The monoisotopic (exact) mass is 392 g/mol. The fourth-order valence-corrected chi connectivity index (χ4v) is 2.53. The molecule has 1 aromatic heterocycles. The Bertz CT molecular complexity index is 1010. The van der Waals surface area contributed by atoms with E-state index in [0.717, 1.165) is 11.3 Å². The number of carbonyl (C=O) groups excluding carboxylic acids is 1. The molecular formula is C22H17ClN2O3. The SMILES string of the molecule is C#Cc1cnc(NC(=O)c2ccc(Cl)cc2)cc1OCc1ccc(OC)cc1. The van der Waals surface area contributed by atoms with Gasteiger partial charge in [-0.2, -0.15) is 0 Å². The largest absolute Gasteiger partial charge is 0.497 e. The molecule has 0 radical (unpaired) electrons. The van der Waals surface area contributed by atoms with Crippen molar-refractivity contribution in [3.63, 3.8) is 0 Å². The zero-order valence-corrected chi connectivity index (χ0v) is 15.9. The Morgan fingerprint density at radius 2 is 1.89 bits per heavy atom. The quantitative estimate of drug-likeness (QED) is 0.625. The molecular weight excluding hydrogens is 376 g/mol. The van der Waals surface area contributed by atoms with E-state index in [1.165, 1.54) is 6.20 Å². The number of halogens is 1. The Kier molecular flexibility index (Phi) is 6.15. The molecule has 0 aliphatic rings. The fourth-order valence-electron chi connectivity index (χ4n) is 2.41. The van der Waals surface area contributed by atoms with Crippen LogP contribution in [0, 0.1) is 12.3 Å². The number of terminal acetylenes is 1. The number of nitrogens with one attached hydrogen (secondary N) is 1. The van der Waals surface area contributed by atoms with Crippen LogP contribution in [-0.4, -0.2) is 18.0 Å². The van der Waals surface area contributed by atoms with E-state index in [4.69, 9.17) is 27.5 Å². The summed E-state index contributed by atoms with van der Waals surface area (Å²) in [5, 5.41) is 3.28. The molecule has 28 heavy (non-hydrogen) atoms. The molecule has 0 saturated carbocycles. The first-order valence-corrected chi connectivity index (χ1v) is 8.76. The van der Waals surface area contributed by atoms with Gasteiger partial charge >= 0.3 is 0 Å². The maximum Gasteiger partial charge on any atom is 0.256 e. The van der Waals surface area contributed by atoms with E-state index >= 15 is 0 Å². The van der Waals surface area contributed by atoms with Crippen LogP contribution in [0.5, 0.6) is 11.5 Å². The molecule has 1 amide bonds. The average Bonchev–Trinajstić information content (AvgIpc) is 2.73. The van der Waals surface area contributed by atoms with Crippen molar-refractivity contribution < 1.29 is 14.3 Å². The number of hydrogen-bond donors (Lipinski definition) is 1. The summed E-state index contributed by atoms with van der Waals surface area (Å²) in [6.07, 6.45) is 7.01. The average molecular weight is 393 g/mol. The van der Waals surface area contributed by atoms with Crippen molar-refractivity contribution in [2.75, 3.05) is 12.4 Å². The highest BCUT2D eigenvalue weighted by molar-refractivity contribution is 6.30. The van der Waals surface area contributed by atoms with Crippen LogP contribution in [0.15, 0.2) is 60.8 Å². The summed E-state index contributed by atoms with van der Waals surface area (Å²) in [7, 11) is 1.61. The van der Waals surface area contributed by atoms with Crippen LogP contribution < -0.4 is 14.8 Å². The summed E-state index contributed by atoms with van der Waals surface area (Å²) in [4.78, 5) is 16.5. The third-order valence-corrected chi connectivity index (χ3v) is 4.17. The number of ether oxygens (including phenoxy) is 2. The van der Waals surface area contributed by atoms with Gasteiger partial charge in [0.2, 0.25) is 0 Å². The van der Waals surface area contributed by atoms with E-state index in [2.05, 4.69) is 16.2 Å². The van der Waals surface area contributed by atoms with E-state index in [1.807, 2.05) is 24.3 Å². The normalized spacial score (nSPS) is 10.0. The van der Waals surface area contributed by atoms with E-state index in [-0.39, 0.29) is 5.91 Å². The number of carbonyl (C=O) groups is 1. The number of benzene rings is 2. The first kappa shape index (κ1) is 19.3. The van der Waals surface area contributed by atoms with Gasteiger partial charge in [-0.25, -0.2) is 4.98 Å². The molecule has 0 bridgehead atoms.